The van der Waals surface area contributed by atoms with E-state index < -0.39 is 72.9 Å². The van der Waals surface area contributed by atoms with Gasteiger partial charge in [0.25, 0.3) is 17.6 Å². The Labute approximate surface area is 151 Å². The highest BCUT2D eigenvalue weighted by Gasteiger charge is 2.60. The molecule has 0 aromatic rings. The molecule has 1 aliphatic carbocycles. The van der Waals surface area contributed by atoms with E-state index in [0.717, 1.165) is 0 Å². The first-order chi connectivity index (χ1) is 12.5. The van der Waals surface area contributed by atoms with E-state index in [-0.39, 0.29) is 17.9 Å². The van der Waals surface area contributed by atoms with Crippen molar-refractivity contribution in [2.75, 3.05) is 0 Å². The SMILES string of the molecule is O=C(CCC(=O)OC1(O)[C@H](O)[C@H](O)C(O)[C@H](O)[C@H]1O)ON1C(=O)CCC1=O. The Morgan fingerprint density at radius 2 is 1.33 bits per heavy atom. The van der Waals surface area contributed by atoms with Gasteiger partial charge in [0.2, 0.25) is 0 Å². The van der Waals surface area contributed by atoms with Gasteiger partial charge >= 0.3 is 11.9 Å². The van der Waals surface area contributed by atoms with Crippen LogP contribution in [0.3, 0.4) is 0 Å². The van der Waals surface area contributed by atoms with Crippen LogP contribution < -0.4 is 0 Å². The van der Waals surface area contributed by atoms with Crippen LogP contribution in [-0.2, 0) is 28.8 Å². The van der Waals surface area contributed by atoms with Gasteiger partial charge in [-0.25, -0.2) is 4.79 Å². The van der Waals surface area contributed by atoms with Gasteiger partial charge in [0, 0.05) is 12.8 Å². The minimum absolute atomic E-state index is 0.118. The minimum Gasteiger partial charge on any atom is -0.427 e. The van der Waals surface area contributed by atoms with Gasteiger partial charge in [-0.2, -0.15) is 0 Å². The molecule has 6 atom stereocenters. The van der Waals surface area contributed by atoms with Crippen LogP contribution in [0, 0.1) is 0 Å². The largest absolute Gasteiger partial charge is 0.427 e. The highest BCUT2D eigenvalue weighted by molar-refractivity contribution is 6.01. The lowest BCUT2D eigenvalue weighted by Gasteiger charge is -2.46. The maximum atomic E-state index is 11.8. The van der Waals surface area contributed by atoms with E-state index in [9.17, 15) is 49.8 Å². The lowest BCUT2D eigenvalue weighted by atomic mass is 9.82. The molecule has 13 nitrogen and oxygen atoms in total. The van der Waals surface area contributed by atoms with Crippen molar-refractivity contribution in [3.05, 3.63) is 0 Å². The summed E-state index contributed by atoms with van der Waals surface area (Å²) in [6.45, 7) is 0. The molecule has 1 saturated heterocycles. The molecule has 2 fully saturated rings. The molecule has 6 N–H and O–H groups in total. The maximum Gasteiger partial charge on any atom is 0.333 e. The van der Waals surface area contributed by atoms with E-state index in [1.165, 1.54) is 0 Å². The van der Waals surface area contributed by atoms with E-state index in [0.29, 0.717) is 0 Å². The molecule has 2 rings (SSSR count). The molecule has 1 heterocycles. The third-order valence-electron chi connectivity index (χ3n) is 4.20. The number of aliphatic hydroxyl groups is 6. The first-order valence-electron chi connectivity index (χ1n) is 7.90. The fourth-order valence-corrected chi connectivity index (χ4v) is 2.60. The van der Waals surface area contributed by atoms with Crippen molar-refractivity contribution >= 4 is 23.8 Å². The van der Waals surface area contributed by atoms with Gasteiger partial charge in [-0.05, 0) is 0 Å². The van der Waals surface area contributed by atoms with Crippen LogP contribution in [0.1, 0.15) is 25.7 Å². The van der Waals surface area contributed by atoms with Crippen LogP contribution in [0.4, 0.5) is 0 Å². The Balaban J connectivity index is 1.91. The molecule has 1 saturated carbocycles. The predicted octanol–water partition coefficient (Wildman–Crippen LogP) is -4.58. The van der Waals surface area contributed by atoms with Crippen molar-refractivity contribution in [1.82, 2.24) is 5.06 Å². The van der Waals surface area contributed by atoms with Crippen LogP contribution in [-0.4, -0.2) is 95.8 Å². The second-order valence-electron chi connectivity index (χ2n) is 6.13. The fraction of sp³-hybridized carbons (Fsp3) is 0.714. The van der Waals surface area contributed by atoms with E-state index >= 15 is 0 Å². The highest BCUT2D eigenvalue weighted by Crippen LogP contribution is 2.31. The Kier molecular flexibility index (Phi) is 6.14. The highest BCUT2D eigenvalue weighted by atomic mass is 16.7. The summed E-state index contributed by atoms with van der Waals surface area (Å²) in [4.78, 5) is 50.5. The number of hydroxylamine groups is 2. The Morgan fingerprint density at radius 1 is 0.889 bits per heavy atom. The number of ether oxygens (including phenoxy) is 1. The zero-order valence-corrected chi connectivity index (χ0v) is 13.8. The number of carbonyl (C=O) groups is 4. The zero-order chi connectivity index (χ0) is 20.5. The Morgan fingerprint density at radius 3 is 1.81 bits per heavy atom. The summed E-state index contributed by atoms with van der Waals surface area (Å²) >= 11 is 0. The number of nitrogens with zero attached hydrogens (tertiary/aromatic N) is 1. The molecular formula is C14H19NO12. The molecule has 152 valence electrons. The standard InChI is InChI=1S/C14H19NO12/c16-5-1-2-6(17)15(5)27-8(19)4-3-7(18)26-14(25)12(23)10(21)9(20)11(22)13(14)24/h9-13,20-25H,1-4H2/t9?,10-,11+,12-,13-,14?/m1/s1. The minimum atomic E-state index is -3.15. The second kappa shape index (κ2) is 7.84. The van der Waals surface area contributed by atoms with Crippen molar-refractivity contribution in [2.45, 2.75) is 62.0 Å². The normalized spacial score (nSPS) is 36.7. The van der Waals surface area contributed by atoms with Crippen LogP contribution in [0.25, 0.3) is 0 Å². The molecular weight excluding hydrogens is 374 g/mol. The molecule has 0 spiro atoms. The molecule has 13 heteroatoms. The monoisotopic (exact) mass is 393 g/mol. The van der Waals surface area contributed by atoms with Crippen molar-refractivity contribution < 1.29 is 59.4 Å². The van der Waals surface area contributed by atoms with Crippen molar-refractivity contribution in [1.29, 1.82) is 0 Å². The Bertz CT molecular complexity index is 604. The van der Waals surface area contributed by atoms with Crippen LogP contribution in [0.15, 0.2) is 0 Å². The number of imide groups is 1. The average molecular weight is 393 g/mol. The first kappa shape index (κ1) is 21.1. The number of aliphatic hydroxyl groups excluding tert-OH is 5. The van der Waals surface area contributed by atoms with Crippen LogP contribution in [0.5, 0.6) is 0 Å². The topological polar surface area (TPSA) is 211 Å². The summed E-state index contributed by atoms with van der Waals surface area (Å²) in [7, 11) is 0. The van der Waals surface area contributed by atoms with Crippen LogP contribution in [0.2, 0.25) is 0 Å². The molecule has 0 aromatic heterocycles. The number of hydrogen-bond donors (Lipinski definition) is 6. The van der Waals surface area contributed by atoms with Gasteiger partial charge in [0.1, 0.15) is 18.3 Å². The van der Waals surface area contributed by atoms with E-state index in [1.54, 1.807) is 0 Å². The molecule has 0 aromatic carbocycles. The third-order valence-corrected chi connectivity index (χ3v) is 4.20. The lowest BCUT2D eigenvalue weighted by Crippen LogP contribution is -2.72. The van der Waals surface area contributed by atoms with Gasteiger partial charge in [-0.1, -0.05) is 0 Å². The van der Waals surface area contributed by atoms with Crippen LogP contribution >= 0.6 is 0 Å². The lowest BCUT2D eigenvalue weighted by molar-refractivity contribution is -0.347. The second-order valence-corrected chi connectivity index (χ2v) is 6.13. The summed E-state index contributed by atoms with van der Waals surface area (Å²) in [5.74, 6) is -7.08. The zero-order valence-electron chi connectivity index (χ0n) is 13.8. The Hall–Kier alpha value is -2.16. The summed E-state index contributed by atoms with van der Waals surface area (Å²) in [6.07, 6.45) is -12.7. The summed E-state index contributed by atoms with van der Waals surface area (Å²) in [6, 6.07) is 0. The van der Waals surface area contributed by atoms with E-state index in [4.69, 9.17) is 0 Å². The van der Waals surface area contributed by atoms with Gasteiger partial charge in [0.15, 0.2) is 12.2 Å². The number of carbonyl (C=O) groups excluding carboxylic acids is 4. The van der Waals surface area contributed by atoms with Gasteiger partial charge in [-0.15, -0.1) is 5.06 Å². The molecule has 27 heavy (non-hydrogen) atoms. The van der Waals surface area contributed by atoms with E-state index in [2.05, 4.69) is 9.57 Å². The number of rotatable bonds is 5. The molecule has 2 unspecified atom stereocenters. The van der Waals surface area contributed by atoms with Crippen molar-refractivity contribution in [3.8, 4) is 0 Å². The fourth-order valence-electron chi connectivity index (χ4n) is 2.60. The molecule has 2 amide bonds. The van der Waals surface area contributed by atoms with Gasteiger partial charge in [-0.3, -0.25) is 14.4 Å². The quantitative estimate of drug-likeness (QED) is 0.148. The van der Waals surface area contributed by atoms with Crippen molar-refractivity contribution in [3.63, 3.8) is 0 Å². The maximum absolute atomic E-state index is 11.8. The van der Waals surface area contributed by atoms with E-state index in [1.807, 2.05) is 0 Å². The molecule has 2 aliphatic rings. The summed E-state index contributed by atoms with van der Waals surface area (Å²) < 4.78 is 4.49. The molecule has 0 bridgehead atoms. The summed E-state index contributed by atoms with van der Waals surface area (Å²) in [5, 5.41) is 58.4. The average Bonchev–Trinajstić information content (AvgIpc) is 2.94. The summed E-state index contributed by atoms with van der Waals surface area (Å²) in [5.41, 5.74) is 0. The smallest absolute Gasteiger partial charge is 0.333 e. The third kappa shape index (κ3) is 4.07. The predicted molar refractivity (Wildman–Crippen MR) is 77.5 cm³/mol. The van der Waals surface area contributed by atoms with Gasteiger partial charge < -0.3 is 40.2 Å². The van der Waals surface area contributed by atoms with Gasteiger partial charge in [0.05, 0.1) is 12.8 Å². The number of amides is 2. The number of esters is 1. The molecule has 1 aliphatic heterocycles. The molecule has 0 radical (unpaired) electrons. The number of hydrogen-bond acceptors (Lipinski definition) is 12. The van der Waals surface area contributed by atoms with Crippen molar-refractivity contribution in [2.24, 2.45) is 0 Å². The first-order valence-corrected chi connectivity index (χ1v) is 7.90.